The van der Waals surface area contributed by atoms with Gasteiger partial charge in [-0.15, -0.1) is 11.3 Å². The van der Waals surface area contributed by atoms with Crippen LogP contribution in [0.1, 0.15) is 50.0 Å². The largest absolute Gasteiger partial charge is 0.459 e. The van der Waals surface area contributed by atoms with Crippen molar-refractivity contribution in [3.8, 4) is 10.8 Å². The van der Waals surface area contributed by atoms with Gasteiger partial charge in [0.1, 0.15) is 5.76 Å². The third-order valence-corrected chi connectivity index (χ3v) is 5.98. The van der Waals surface area contributed by atoms with Crippen molar-refractivity contribution in [3.05, 3.63) is 29.0 Å². The quantitative estimate of drug-likeness (QED) is 0.913. The Labute approximate surface area is 150 Å². The average Bonchev–Trinajstić information content (AvgIpc) is 3.28. The number of aryl methyl sites for hydroxylation is 1. The Balaban J connectivity index is 1.50. The number of carbonyl (C=O) groups is 2. The molecular formula is C18H21N3O3S. The first-order valence-corrected chi connectivity index (χ1v) is 9.57. The van der Waals surface area contributed by atoms with E-state index in [2.05, 4.69) is 10.4 Å². The topological polar surface area (TPSA) is 75.4 Å². The van der Waals surface area contributed by atoms with Crippen molar-refractivity contribution in [2.45, 2.75) is 57.4 Å². The summed E-state index contributed by atoms with van der Waals surface area (Å²) in [6.45, 7) is 1.89. The lowest BCUT2D eigenvalue weighted by atomic mass is 9.79. The highest BCUT2D eigenvalue weighted by Gasteiger charge is 2.48. The number of hydrogen-bond acceptors (Lipinski definition) is 5. The molecule has 1 spiro atoms. The standard InChI is InChI=1S/C18H21N3O3S/c1-12-5-6-14(24-12)17-19-13(11-25-17)9-16(23)21-18(10-15(22)20-21)7-3-2-4-8-18/h5-6,11H,2-4,7-10H2,1H3,(H,20,22). The molecule has 0 atom stereocenters. The van der Waals surface area contributed by atoms with Gasteiger partial charge in [0.05, 0.1) is 24.1 Å². The highest BCUT2D eigenvalue weighted by atomic mass is 32.1. The van der Waals surface area contributed by atoms with Gasteiger partial charge in [0.15, 0.2) is 10.8 Å². The summed E-state index contributed by atoms with van der Waals surface area (Å²) in [5.41, 5.74) is 3.16. The van der Waals surface area contributed by atoms with E-state index in [0.717, 1.165) is 42.2 Å². The predicted octanol–water partition coefficient (Wildman–Crippen LogP) is 3.22. The molecule has 0 unspecified atom stereocenters. The number of nitrogens with zero attached hydrogens (tertiary/aromatic N) is 2. The molecule has 0 aromatic carbocycles. The number of hydrogen-bond donors (Lipinski definition) is 1. The van der Waals surface area contributed by atoms with Crippen LogP contribution in [-0.4, -0.2) is 27.3 Å². The molecule has 7 heteroatoms. The number of nitrogens with one attached hydrogen (secondary N) is 1. The molecule has 6 nitrogen and oxygen atoms in total. The Kier molecular flexibility index (Phi) is 4.11. The number of furan rings is 1. The average molecular weight is 359 g/mol. The van der Waals surface area contributed by atoms with Gasteiger partial charge in [-0.1, -0.05) is 19.3 Å². The minimum absolute atomic E-state index is 0.0553. The normalized spacial score (nSPS) is 19.4. The maximum absolute atomic E-state index is 12.8. The Morgan fingerprint density at radius 3 is 2.88 bits per heavy atom. The molecule has 2 amide bonds. The van der Waals surface area contributed by atoms with E-state index >= 15 is 0 Å². The Morgan fingerprint density at radius 2 is 2.16 bits per heavy atom. The molecule has 1 saturated carbocycles. The van der Waals surface area contributed by atoms with Crippen LogP contribution >= 0.6 is 11.3 Å². The zero-order valence-electron chi connectivity index (χ0n) is 14.2. The minimum atomic E-state index is -0.330. The highest BCUT2D eigenvalue weighted by Crippen LogP contribution is 2.39. The molecule has 0 bridgehead atoms. The second-order valence-electron chi connectivity index (χ2n) is 6.96. The molecule has 2 fully saturated rings. The number of hydrazine groups is 1. The van der Waals surface area contributed by atoms with E-state index in [-0.39, 0.29) is 23.8 Å². The van der Waals surface area contributed by atoms with Crippen molar-refractivity contribution >= 4 is 23.2 Å². The summed E-state index contributed by atoms with van der Waals surface area (Å²) in [6, 6.07) is 3.78. The summed E-state index contributed by atoms with van der Waals surface area (Å²) in [4.78, 5) is 29.3. The van der Waals surface area contributed by atoms with Crippen molar-refractivity contribution in [2.75, 3.05) is 0 Å². The Morgan fingerprint density at radius 1 is 1.36 bits per heavy atom. The first-order chi connectivity index (χ1) is 12.1. The van der Waals surface area contributed by atoms with Crippen LogP contribution in [0.3, 0.4) is 0 Å². The van der Waals surface area contributed by atoms with Crippen molar-refractivity contribution in [1.29, 1.82) is 0 Å². The number of carbonyl (C=O) groups excluding carboxylic acids is 2. The summed E-state index contributed by atoms with van der Waals surface area (Å²) in [6.07, 6.45) is 5.72. The van der Waals surface area contributed by atoms with E-state index in [1.54, 1.807) is 5.01 Å². The minimum Gasteiger partial charge on any atom is -0.459 e. The summed E-state index contributed by atoms with van der Waals surface area (Å²) < 4.78 is 5.59. The van der Waals surface area contributed by atoms with Gasteiger partial charge < -0.3 is 4.42 Å². The van der Waals surface area contributed by atoms with Crippen molar-refractivity contribution in [2.24, 2.45) is 0 Å². The number of rotatable bonds is 3. The molecule has 2 aliphatic rings. The summed E-state index contributed by atoms with van der Waals surface area (Å²) >= 11 is 1.47. The third-order valence-electron chi connectivity index (χ3n) is 5.07. The van der Waals surface area contributed by atoms with Gasteiger partial charge in [0.2, 0.25) is 11.8 Å². The van der Waals surface area contributed by atoms with E-state index in [1.165, 1.54) is 17.8 Å². The van der Waals surface area contributed by atoms with E-state index < -0.39 is 0 Å². The predicted molar refractivity (Wildman–Crippen MR) is 93.7 cm³/mol. The van der Waals surface area contributed by atoms with Crippen molar-refractivity contribution in [3.63, 3.8) is 0 Å². The lowest BCUT2D eigenvalue weighted by molar-refractivity contribution is -0.141. The molecule has 3 heterocycles. The van der Waals surface area contributed by atoms with Crippen LogP contribution < -0.4 is 5.43 Å². The summed E-state index contributed by atoms with van der Waals surface area (Å²) in [7, 11) is 0. The molecular weight excluding hydrogens is 338 g/mol. The maximum atomic E-state index is 12.8. The van der Waals surface area contributed by atoms with Crippen LogP contribution in [0, 0.1) is 6.92 Å². The van der Waals surface area contributed by atoms with Crippen molar-refractivity contribution < 1.29 is 14.0 Å². The second-order valence-corrected chi connectivity index (χ2v) is 7.82. The molecule has 1 N–H and O–H groups in total. The molecule has 0 radical (unpaired) electrons. The lowest BCUT2D eigenvalue weighted by Crippen LogP contribution is -2.53. The summed E-state index contributed by atoms with van der Waals surface area (Å²) in [5, 5.41) is 4.26. The number of amides is 2. The second kappa shape index (κ2) is 6.29. The fraction of sp³-hybridized carbons (Fsp3) is 0.500. The zero-order valence-corrected chi connectivity index (χ0v) is 15.0. The van der Waals surface area contributed by atoms with Gasteiger partial charge in [-0.2, -0.15) is 0 Å². The van der Waals surface area contributed by atoms with Gasteiger partial charge in [0, 0.05) is 5.38 Å². The first kappa shape index (κ1) is 16.3. The number of aromatic nitrogens is 1. The van der Waals surface area contributed by atoms with Crippen LogP contribution in [0.2, 0.25) is 0 Å². The molecule has 1 saturated heterocycles. The zero-order chi connectivity index (χ0) is 17.4. The molecule has 4 rings (SSSR count). The number of thiazole rings is 1. The Bertz CT molecular complexity index is 804. The van der Waals surface area contributed by atoms with Crippen molar-refractivity contribution in [1.82, 2.24) is 15.4 Å². The van der Waals surface area contributed by atoms with E-state index in [1.807, 2.05) is 24.4 Å². The fourth-order valence-electron chi connectivity index (χ4n) is 3.88. The van der Waals surface area contributed by atoms with Crippen LogP contribution in [0.25, 0.3) is 10.8 Å². The van der Waals surface area contributed by atoms with Gasteiger partial charge in [-0.05, 0) is 31.9 Å². The van der Waals surface area contributed by atoms with E-state index in [4.69, 9.17) is 4.42 Å². The molecule has 2 aromatic rings. The summed E-state index contributed by atoms with van der Waals surface area (Å²) in [5.74, 6) is 1.42. The molecule has 1 aliphatic heterocycles. The van der Waals surface area contributed by atoms with Crippen LogP contribution in [0.4, 0.5) is 0 Å². The monoisotopic (exact) mass is 359 g/mol. The maximum Gasteiger partial charge on any atom is 0.247 e. The van der Waals surface area contributed by atoms with Crippen LogP contribution in [0.15, 0.2) is 21.9 Å². The van der Waals surface area contributed by atoms with Gasteiger partial charge in [0.25, 0.3) is 0 Å². The fourth-order valence-corrected chi connectivity index (χ4v) is 4.66. The van der Waals surface area contributed by atoms with Gasteiger partial charge in [-0.3, -0.25) is 15.0 Å². The van der Waals surface area contributed by atoms with E-state index in [0.29, 0.717) is 12.1 Å². The lowest BCUT2D eigenvalue weighted by Gasteiger charge is -2.39. The van der Waals surface area contributed by atoms with Gasteiger partial charge >= 0.3 is 0 Å². The third kappa shape index (κ3) is 3.08. The first-order valence-electron chi connectivity index (χ1n) is 8.70. The molecule has 25 heavy (non-hydrogen) atoms. The van der Waals surface area contributed by atoms with Crippen LogP contribution in [0.5, 0.6) is 0 Å². The van der Waals surface area contributed by atoms with Crippen LogP contribution in [-0.2, 0) is 16.0 Å². The Hall–Kier alpha value is -2.15. The SMILES string of the molecule is Cc1ccc(-c2nc(CC(=O)N3NC(=O)CC34CCCCC4)cs2)o1. The molecule has 2 aromatic heterocycles. The molecule has 132 valence electrons. The van der Waals surface area contributed by atoms with E-state index in [9.17, 15) is 9.59 Å². The molecule has 1 aliphatic carbocycles. The smallest absolute Gasteiger partial charge is 0.247 e. The van der Waals surface area contributed by atoms with Gasteiger partial charge in [-0.25, -0.2) is 9.99 Å². The highest BCUT2D eigenvalue weighted by molar-refractivity contribution is 7.13.